The van der Waals surface area contributed by atoms with E-state index in [1.54, 1.807) is 11.0 Å². The number of hydrogen-bond donors (Lipinski definition) is 1. The van der Waals surface area contributed by atoms with Gasteiger partial charge in [-0.3, -0.25) is 9.59 Å². The molecule has 0 aromatic carbocycles. The van der Waals surface area contributed by atoms with Gasteiger partial charge >= 0.3 is 0 Å². The third-order valence-corrected chi connectivity index (χ3v) is 2.39. The Hall–Kier alpha value is -1.57. The number of likely N-dealkylation sites (tertiary alicyclic amines) is 1. The Balaban J connectivity index is 2.23. The summed E-state index contributed by atoms with van der Waals surface area (Å²) in [5.74, 6) is -0.441. The molecule has 0 spiro atoms. The van der Waals surface area contributed by atoms with Gasteiger partial charge in [-0.05, 0) is 19.3 Å². The molecule has 15 heavy (non-hydrogen) atoms. The third kappa shape index (κ3) is 3.98. The largest absolute Gasteiger partial charge is 0.346 e. The Morgan fingerprint density at radius 3 is 2.53 bits per heavy atom. The summed E-state index contributed by atoms with van der Waals surface area (Å²) in [7, 11) is 0. The molecule has 1 aliphatic rings. The third-order valence-electron chi connectivity index (χ3n) is 2.39. The fourth-order valence-corrected chi connectivity index (χ4v) is 1.56. The molecule has 82 valence electrons. The minimum atomic E-state index is -0.386. The fourth-order valence-electron chi connectivity index (χ4n) is 1.56. The summed E-state index contributed by atoms with van der Waals surface area (Å²) in [5.41, 5.74) is 0. The lowest BCUT2D eigenvalue weighted by Crippen LogP contribution is -2.42. The maximum absolute atomic E-state index is 11.5. The first kappa shape index (κ1) is 11.5. The Bertz CT molecular complexity index is 277. The van der Waals surface area contributed by atoms with Crippen LogP contribution in [-0.4, -0.2) is 36.3 Å². The number of carbonyl (C=O) groups is 2. The second-order valence-corrected chi connectivity index (χ2v) is 3.55. The minimum absolute atomic E-state index is 0.0144. The molecule has 0 radical (unpaired) electrons. The fraction of sp³-hybridized carbons (Fsp3) is 0.700. The average molecular weight is 209 g/mol. The lowest BCUT2D eigenvalue weighted by Gasteiger charge is -2.26. The number of nitrogens with zero attached hydrogens (tertiary/aromatic N) is 2. The molecular formula is C10H15N3O2. The van der Waals surface area contributed by atoms with Crippen molar-refractivity contribution in [2.24, 2.45) is 0 Å². The standard InChI is InChI=1S/C10H15N3O2/c11-5-4-9(14)12-8-10(15)13-6-2-1-3-7-13/h1-4,6-8H2,(H,12,14). The Labute approximate surface area is 89.0 Å². The number of carbonyl (C=O) groups excluding carboxylic acids is 2. The van der Waals surface area contributed by atoms with Crippen LogP contribution in [0.1, 0.15) is 25.7 Å². The minimum Gasteiger partial charge on any atom is -0.346 e. The van der Waals surface area contributed by atoms with Gasteiger partial charge in [-0.15, -0.1) is 0 Å². The van der Waals surface area contributed by atoms with Gasteiger partial charge in [-0.1, -0.05) is 0 Å². The predicted molar refractivity (Wildman–Crippen MR) is 53.7 cm³/mol. The summed E-state index contributed by atoms with van der Waals surface area (Å²) in [5, 5.41) is 10.7. The summed E-state index contributed by atoms with van der Waals surface area (Å²) in [6.45, 7) is 1.58. The van der Waals surface area contributed by atoms with Crippen molar-refractivity contribution in [3.05, 3.63) is 0 Å². The highest BCUT2D eigenvalue weighted by molar-refractivity contribution is 5.85. The second kappa shape index (κ2) is 6.02. The van der Waals surface area contributed by atoms with E-state index in [1.807, 2.05) is 0 Å². The molecule has 1 fully saturated rings. The Morgan fingerprint density at radius 2 is 1.93 bits per heavy atom. The van der Waals surface area contributed by atoms with Crippen molar-refractivity contribution in [2.75, 3.05) is 19.6 Å². The number of nitriles is 1. The Kier molecular flexibility index (Phi) is 4.61. The zero-order chi connectivity index (χ0) is 11.1. The zero-order valence-corrected chi connectivity index (χ0v) is 8.66. The monoisotopic (exact) mass is 209 g/mol. The number of piperidine rings is 1. The first-order valence-corrected chi connectivity index (χ1v) is 5.15. The maximum Gasteiger partial charge on any atom is 0.241 e. The quantitative estimate of drug-likeness (QED) is 0.712. The molecule has 2 amide bonds. The normalized spacial score (nSPS) is 15.5. The smallest absolute Gasteiger partial charge is 0.241 e. The summed E-state index contributed by atoms with van der Waals surface area (Å²) in [4.78, 5) is 24.2. The van der Waals surface area contributed by atoms with Crippen LogP contribution < -0.4 is 5.32 Å². The van der Waals surface area contributed by atoms with Crippen LogP contribution in [0.4, 0.5) is 0 Å². The van der Waals surface area contributed by atoms with Crippen molar-refractivity contribution in [1.29, 1.82) is 5.26 Å². The van der Waals surface area contributed by atoms with E-state index in [0.717, 1.165) is 25.9 Å². The zero-order valence-electron chi connectivity index (χ0n) is 8.66. The van der Waals surface area contributed by atoms with E-state index in [0.29, 0.717) is 0 Å². The van der Waals surface area contributed by atoms with E-state index in [2.05, 4.69) is 5.32 Å². The highest BCUT2D eigenvalue weighted by Crippen LogP contribution is 2.08. The number of hydrogen-bond acceptors (Lipinski definition) is 3. The van der Waals surface area contributed by atoms with E-state index in [-0.39, 0.29) is 24.8 Å². The first-order valence-electron chi connectivity index (χ1n) is 5.15. The van der Waals surface area contributed by atoms with Gasteiger partial charge in [0.2, 0.25) is 11.8 Å². The van der Waals surface area contributed by atoms with Crippen LogP contribution in [0.3, 0.4) is 0 Å². The summed E-state index contributed by atoms with van der Waals surface area (Å²) in [6.07, 6.45) is 3.06. The molecule has 5 nitrogen and oxygen atoms in total. The van der Waals surface area contributed by atoms with Gasteiger partial charge in [0, 0.05) is 13.1 Å². The highest BCUT2D eigenvalue weighted by Gasteiger charge is 2.16. The molecular weight excluding hydrogens is 194 g/mol. The molecule has 0 bridgehead atoms. The predicted octanol–water partition coefficient (Wildman–Crippen LogP) is 0.0288. The molecule has 1 saturated heterocycles. The van der Waals surface area contributed by atoms with Gasteiger partial charge in [-0.25, -0.2) is 0 Å². The van der Waals surface area contributed by atoms with Crippen molar-refractivity contribution >= 4 is 11.8 Å². The van der Waals surface area contributed by atoms with Crippen LogP contribution in [0, 0.1) is 11.3 Å². The van der Waals surface area contributed by atoms with Gasteiger partial charge in [0.15, 0.2) is 0 Å². The Morgan fingerprint density at radius 1 is 1.27 bits per heavy atom. The van der Waals surface area contributed by atoms with Crippen molar-refractivity contribution in [1.82, 2.24) is 10.2 Å². The van der Waals surface area contributed by atoms with Crippen LogP contribution in [0.2, 0.25) is 0 Å². The van der Waals surface area contributed by atoms with E-state index >= 15 is 0 Å². The maximum atomic E-state index is 11.5. The highest BCUT2D eigenvalue weighted by atomic mass is 16.2. The summed E-state index contributed by atoms with van der Waals surface area (Å²) < 4.78 is 0. The second-order valence-electron chi connectivity index (χ2n) is 3.55. The van der Waals surface area contributed by atoms with Crippen molar-refractivity contribution in [3.8, 4) is 6.07 Å². The van der Waals surface area contributed by atoms with Gasteiger partial charge in [0.05, 0.1) is 12.6 Å². The molecule has 0 aromatic heterocycles. The molecule has 1 N–H and O–H groups in total. The summed E-state index contributed by atoms with van der Waals surface area (Å²) in [6, 6.07) is 1.73. The molecule has 1 rings (SSSR count). The van der Waals surface area contributed by atoms with Gasteiger partial charge < -0.3 is 10.2 Å². The van der Waals surface area contributed by atoms with Gasteiger partial charge in [0.25, 0.3) is 0 Å². The number of rotatable bonds is 3. The van der Waals surface area contributed by atoms with Crippen LogP contribution in [0.15, 0.2) is 0 Å². The number of nitrogens with one attached hydrogen (secondary N) is 1. The molecule has 5 heteroatoms. The van der Waals surface area contributed by atoms with E-state index < -0.39 is 0 Å². The van der Waals surface area contributed by atoms with Crippen LogP contribution in [-0.2, 0) is 9.59 Å². The molecule has 0 aromatic rings. The SMILES string of the molecule is N#CCC(=O)NCC(=O)N1CCCCC1. The molecule has 1 aliphatic heterocycles. The summed E-state index contributed by atoms with van der Waals surface area (Å²) >= 11 is 0. The van der Waals surface area contributed by atoms with Crippen molar-refractivity contribution < 1.29 is 9.59 Å². The molecule has 0 saturated carbocycles. The van der Waals surface area contributed by atoms with E-state index in [1.165, 1.54) is 6.42 Å². The first-order chi connectivity index (χ1) is 7.24. The average Bonchev–Trinajstić information content (AvgIpc) is 2.27. The van der Waals surface area contributed by atoms with E-state index in [4.69, 9.17) is 5.26 Å². The van der Waals surface area contributed by atoms with Crippen molar-refractivity contribution in [3.63, 3.8) is 0 Å². The topological polar surface area (TPSA) is 73.2 Å². The number of amides is 2. The van der Waals surface area contributed by atoms with Crippen LogP contribution in [0.25, 0.3) is 0 Å². The lowest BCUT2D eigenvalue weighted by atomic mass is 10.1. The van der Waals surface area contributed by atoms with Gasteiger partial charge in [0.1, 0.15) is 6.42 Å². The molecule has 0 unspecified atom stereocenters. The van der Waals surface area contributed by atoms with Gasteiger partial charge in [-0.2, -0.15) is 5.26 Å². The molecule has 0 atom stereocenters. The van der Waals surface area contributed by atoms with Crippen LogP contribution in [0.5, 0.6) is 0 Å². The van der Waals surface area contributed by atoms with Crippen LogP contribution >= 0.6 is 0 Å². The lowest BCUT2D eigenvalue weighted by molar-refractivity contribution is -0.133. The van der Waals surface area contributed by atoms with E-state index in [9.17, 15) is 9.59 Å². The van der Waals surface area contributed by atoms with Crippen molar-refractivity contribution in [2.45, 2.75) is 25.7 Å². The molecule has 1 heterocycles. The molecule has 0 aliphatic carbocycles.